The molecule has 6 rings (SSSR count). The molecule has 1 unspecified atom stereocenters. The summed E-state index contributed by atoms with van der Waals surface area (Å²) in [6.07, 6.45) is 4.76. The Morgan fingerprint density at radius 2 is 2.03 bits per heavy atom. The van der Waals surface area contributed by atoms with Gasteiger partial charge in [-0.25, -0.2) is 0 Å². The van der Waals surface area contributed by atoms with Gasteiger partial charge in [-0.3, -0.25) is 9.59 Å². The summed E-state index contributed by atoms with van der Waals surface area (Å²) < 4.78 is 11.4. The van der Waals surface area contributed by atoms with Crippen LogP contribution in [0.1, 0.15) is 35.7 Å². The smallest absolute Gasteiger partial charge is 0.217 e. The van der Waals surface area contributed by atoms with Crippen LogP contribution in [0.4, 0.5) is 5.69 Å². The fraction of sp³-hybridized carbons (Fsp3) is 0.379. The summed E-state index contributed by atoms with van der Waals surface area (Å²) in [5.41, 5.74) is 4.87. The van der Waals surface area contributed by atoms with E-state index in [0.717, 1.165) is 49.1 Å². The molecule has 7 heteroatoms. The van der Waals surface area contributed by atoms with Gasteiger partial charge in [-0.05, 0) is 42.3 Å². The van der Waals surface area contributed by atoms with Crippen molar-refractivity contribution < 1.29 is 28.7 Å². The number of hydrogen-bond acceptors (Lipinski definition) is 6. The molecule has 0 amide bonds. The Labute approximate surface area is 210 Å². The third-order valence-corrected chi connectivity index (χ3v) is 9.13. The van der Waals surface area contributed by atoms with Gasteiger partial charge in [0.05, 0.1) is 31.9 Å². The number of ether oxygens (including phenoxy) is 2. The lowest BCUT2D eigenvalue weighted by Gasteiger charge is -2.53. The quantitative estimate of drug-likeness (QED) is 0.211. The summed E-state index contributed by atoms with van der Waals surface area (Å²) in [4.78, 5) is 26.2. The number of piperidine rings is 1. The van der Waals surface area contributed by atoms with Crippen LogP contribution in [0.3, 0.4) is 0 Å². The highest BCUT2D eigenvalue weighted by molar-refractivity contribution is 5.97. The zero-order valence-electron chi connectivity index (χ0n) is 20.8. The Morgan fingerprint density at radius 3 is 2.75 bits per heavy atom. The normalized spacial score (nSPS) is 30.5. The lowest BCUT2D eigenvalue weighted by atomic mass is 9.61. The summed E-state index contributed by atoms with van der Waals surface area (Å²) in [5, 5.41) is 14.2. The third kappa shape index (κ3) is 2.83. The number of quaternary nitrogens is 1. The number of nitrogens with one attached hydrogen (secondary N) is 1. The number of carbonyl (C=O) groups excluding carboxylic acids is 2. The van der Waals surface area contributed by atoms with E-state index in [1.54, 1.807) is 38.5 Å². The maximum absolute atomic E-state index is 13.8. The molecule has 36 heavy (non-hydrogen) atoms. The minimum Gasteiger partial charge on any atom is -0.506 e. The van der Waals surface area contributed by atoms with Crippen molar-refractivity contribution in [1.82, 2.24) is 0 Å². The zero-order valence-corrected chi connectivity index (χ0v) is 20.8. The number of benzene rings is 2. The van der Waals surface area contributed by atoms with Crippen molar-refractivity contribution in [3.05, 3.63) is 70.4 Å². The van der Waals surface area contributed by atoms with Crippen LogP contribution in [-0.4, -0.2) is 61.6 Å². The highest BCUT2D eigenvalue weighted by Crippen LogP contribution is 2.64. The Balaban J connectivity index is 1.47. The number of carbonyl (C=O) groups is 2. The van der Waals surface area contributed by atoms with E-state index in [9.17, 15) is 14.7 Å². The van der Waals surface area contributed by atoms with Gasteiger partial charge >= 0.3 is 0 Å². The topological polar surface area (TPSA) is 84.9 Å². The molecule has 2 N–H and O–H groups in total. The molecule has 1 spiro atoms. The first-order chi connectivity index (χ1) is 17.4. The number of ketones is 1. The zero-order chi connectivity index (χ0) is 25.2. The van der Waals surface area contributed by atoms with Crippen LogP contribution in [0.15, 0.2) is 59.3 Å². The second kappa shape index (κ2) is 7.96. The van der Waals surface area contributed by atoms with Crippen molar-refractivity contribution in [2.24, 2.45) is 5.92 Å². The van der Waals surface area contributed by atoms with Gasteiger partial charge in [-0.15, -0.1) is 0 Å². The number of aromatic hydroxyl groups is 1. The summed E-state index contributed by atoms with van der Waals surface area (Å²) in [5.74, 6) is 1.43. The number of phenolic OH excluding ortho intramolecular Hbond substituents is 1. The van der Waals surface area contributed by atoms with Gasteiger partial charge in [0.25, 0.3) is 0 Å². The van der Waals surface area contributed by atoms with Gasteiger partial charge < -0.3 is 24.4 Å². The van der Waals surface area contributed by atoms with Crippen LogP contribution in [0.2, 0.25) is 0 Å². The third-order valence-electron chi connectivity index (χ3n) is 9.13. The Kier molecular flexibility index (Phi) is 5.06. The fourth-order valence-corrected chi connectivity index (χ4v) is 7.57. The summed E-state index contributed by atoms with van der Waals surface area (Å²) >= 11 is 0. The maximum Gasteiger partial charge on any atom is 0.217 e. The first kappa shape index (κ1) is 22.9. The number of rotatable bonds is 6. The number of phenols is 1. The van der Waals surface area contributed by atoms with E-state index >= 15 is 0 Å². The second-order valence-corrected chi connectivity index (χ2v) is 10.4. The van der Waals surface area contributed by atoms with Crippen molar-refractivity contribution in [2.75, 3.05) is 39.2 Å². The highest BCUT2D eigenvalue weighted by Gasteiger charge is 2.69. The Bertz CT molecular complexity index is 1360. The molecule has 4 atom stereocenters. The molecule has 186 valence electrons. The predicted octanol–water partition coefficient (Wildman–Crippen LogP) is 3.98. The van der Waals surface area contributed by atoms with Crippen LogP contribution in [0.5, 0.6) is 17.2 Å². The van der Waals surface area contributed by atoms with Crippen LogP contribution < -0.4 is 14.8 Å². The van der Waals surface area contributed by atoms with Gasteiger partial charge in [-0.2, -0.15) is 0 Å². The van der Waals surface area contributed by atoms with E-state index in [2.05, 4.69) is 17.5 Å². The molecule has 3 heterocycles. The van der Waals surface area contributed by atoms with E-state index < -0.39 is 5.41 Å². The predicted molar refractivity (Wildman–Crippen MR) is 136 cm³/mol. The molecule has 0 aromatic heterocycles. The molecule has 2 bridgehead atoms. The number of methoxy groups -OCH3 is 2. The van der Waals surface area contributed by atoms with Crippen LogP contribution in [0.25, 0.3) is 0 Å². The SMILES string of the molecule is C/C=C1/C[N+]2(CC(=O)c3ccc(OC)c(OC)c3)CC[C@]34C(=C(C=O)[C@H]1C[C@H]32)Nc1c(O)cccc14. The molecule has 2 saturated heterocycles. The highest BCUT2D eigenvalue weighted by atomic mass is 16.5. The molecule has 2 aromatic carbocycles. The van der Waals surface area contributed by atoms with E-state index in [4.69, 9.17) is 9.47 Å². The first-order valence-corrected chi connectivity index (χ1v) is 12.5. The second-order valence-electron chi connectivity index (χ2n) is 10.4. The molecular weight excluding hydrogens is 456 g/mol. The molecule has 3 aliphatic heterocycles. The lowest BCUT2D eigenvalue weighted by Crippen LogP contribution is -2.64. The first-order valence-electron chi connectivity index (χ1n) is 12.5. The largest absolute Gasteiger partial charge is 0.506 e. The van der Waals surface area contributed by atoms with Crippen molar-refractivity contribution in [1.29, 1.82) is 0 Å². The number of hydrogen-bond donors (Lipinski definition) is 2. The monoisotopic (exact) mass is 487 g/mol. The molecular formula is C29H31N2O5+. The molecule has 2 aromatic rings. The average molecular weight is 488 g/mol. The van der Waals surface area contributed by atoms with E-state index in [0.29, 0.717) is 33.8 Å². The van der Waals surface area contributed by atoms with Gasteiger partial charge in [-0.1, -0.05) is 18.2 Å². The number of allylic oxidation sites excluding steroid dienone is 2. The fourth-order valence-electron chi connectivity index (χ4n) is 7.57. The van der Waals surface area contributed by atoms with Gasteiger partial charge in [0, 0.05) is 35.6 Å². The van der Waals surface area contributed by atoms with Crippen molar-refractivity contribution in [3.63, 3.8) is 0 Å². The van der Waals surface area contributed by atoms with E-state index in [1.807, 2.05) is 13.0 Å². The molecule has 2 fully saturated rings. The summed E-state index contributed by atoms with van der Waals surface area (Å²) in [6.45, 7) is 3.95. The number of Topliss-reactive ketones (excluding diaryl/α,β-unsaturated/α-hetero) is 1. The Hall–Kier alpha value is -3.58. The van der Waals surface area contributed by atoms with Crippen LogP contribution >= 0.6 is 0 Å². The number of anilines is 1. The average Bonchev–Trinajstić information content (AvgIpc) is 3.43. The van der Waals surface area contributed by atoms with Crippen LogP contribution in [0, 0.1) is 5.92 Å². The van der Waals surface area contributed by atoms with Crippen molar-refractivity contribution in [3.8, 4) is 17.2 Å². The molecule has 0 saturated carbocycles. The maximum atomic E-state index is 13.8. The van der Waals surface area contributed by atoms with Gasteiger partial charge in [0.1, 0.15) is 31.2 Å². The molecule has 7 nitrogen and oxygen atoms in total. The minimum absolute atomic E-state index is 0.0325. The molecule has 1 aliphatic carbocycles. The lowest BCUT2D eigenvalue weighted by molar-refractivity contribution is -0.934. The van der Waals surface area contributed by atoms with Gasteiger partial charge in [0.2, 0.25) is 5.78 Å². The number of aldehydes is 1. The summed E-state index contributed by atoms with van der Waals surface area (Å²) in [7, 11) is 3.15. The minimum atomic E-state index is -0.405. The van der Waals surface area contributed by atoms with Crippen LogP contribution in [-0.2, 0) is 10.2 Å². The van der Waals surface area contributed by atoms with Gasteiger partial charge in [0.15, 0.2) is 11.5 Å². The van der Waals surface area contributed by atoms with E-state index in [-0.39, 0.29) is 23.5 Å². The number of nitrogens with zero attached hydrogens (tertiary/aromatic N) is 1. The Morgan fingerprint density at radius 1 is 1.22 bits per heavy atom. The summed E-state index contributed by atoms with van der Waals surface area (Å²) in [6, 6.07) is 11.1. The number of para-hydroxylation sites is 1. The van der Waals surface area contributed by atoms with Crippen molar-refractivity contribution in [2.45, 2.75) is 31.2 Å². The van der Waals surface area contributed by atoms with Crippen molar-refractivity contribution >= 4 is 17.8 Å². The molecule has 4 aliphatic rings. The molecule has 0 radical (unpaired) electrons. The van der Waals surface area contributed by atoms with E-state index in [1.165, 1.54) is 5.57 Å². The standard InChI is InChI=1S/C29H30N2O5/c1-4-17-14-31(15-23(34)18-8-9-24(35-2)25(12-18)36-3)11-10-29-21-6-5-7-22(33)27(21)30-28(29)20(16-32)19(17)13-26(29)31/h4-9,12,16,19,26H,10-11,13-15H2,1-3H3,(H-,30,32,33)/p+1/b17-4-/t19-,26+,29+,31?/m0/s1. The number of fused-ring (bicyclic) bond motifs is 2.